The number of nitrogens with zero attached hydrogens (tertiary/aromatic N) is 1. The Balaban J connectivity index is 1.63. The zero-order chi connectivity index (χ0) is 19.4. The number of esters is 1. The summed E-state index contributed by atoms with van der Waals surface area (Å²) in [5.41, 5.74) is 1.07. The molecule has 2 aromatic carbocycles. The Kier molecular flexibility index (Phi) is 5.78. The summed E-state index contributed by atoms with van der Waals surface area (Å²) in [6.45, 7) is 1.09. The molecular weight excluding hydrogens is 391 g/mol. The quantitative estimate of drug-likeness (QED) is 0.620. The Morgan fingerprint density at radius 3 is 2.63 bits per heavy atom. The van der Waals surface area contributed by atoms with Gasteiger partial charge < -0.3 is 14.5 Å². The lowest BCUT2D eigenvalue weighted by Gasteiger charge is -2.08. The highest BCUT2D eigenvalue weighted by Gasteiger charge is 2.20. The zero-order valence-electron chi connectivity index (χ0n) is 14.2. The number of nitrogens with one attached hydrogen (secondary N) is 1. The molecule has 0 aliphatic rings. The number of halogens is 2. The van der Waals surface area contributed by atoms with Crippen molar-refractivity contribution in [3.63, 3.8) is 0 Å². The summed E-state index contributed by atoms with van der Waals surface area (Å²) in [5.74, 6) is -0.713. The fourth-order valence-corrected chi connectivity index (χ4v) is 2.61. The van der Waals surface area contributed by atoms with Gasteiger partial charge in [-0.15, -0.1) is 0 Å². The molecule has 0 fully saturated rings. The number of carbonyl (C=O) groups is 2. The fraction of sp³-hybridized carbons (Fsp3) is 0.105. The van der Waals surface area contributed by atoms with Crippen molar-refractivity contribution in [2.24, 2.45) is 0 Å². The molecule has 1 aromatic heterocycles. The van der Waals surface area contributed by atoms with Crippen molar-refractivity contribution in [3.8, 4) is 11.5 Å². The minimum absolute atomic E-state index is 0.0161. The topological polar surface area (TPSA) is 81.4 Å². The Morgan fingerprint density at radius 1 is 1.15 bits per heavy atom. The molecule has 6 nitrogen and oxygen atoms in total. The van der Waals surface area contributed by atoms with E-state index in [0.717, 1.165) is 5.56 Å². The minimum Gasteiger partial charge on any atom is -0.451 e. The van der Waals surface area contributed by atoms with Gasteiger partial charge in [0, 0.05) is 10.6 Å². The second kappa shape index (κ2) is 8.24. The van der Waals surface area contributed by atoms with Crippen LogP contribution >= 0.6 is 23.2 Å². The summed E-state index contributed by atoms with van der Waals surface area (Å²) < 4.78 is 10.5. The highest BCUT2D eigenvalue weighted by atomic mass is 35.5. The first-order valence-corrected chi connectivity index (χ1v) is 8.64. The van der Waals surface area contributed by atoms with Crippen LogP contribution in [0.5, 0.6) is 0 Å². The zero-order valence-corrected chi connectivity index (χ0v) is 15.7. The number of aryl methyl sites for hydroxylation is 1. The van der Waals surface area contributed by atoms with Gasteiger partial charge in [-0.3, -0.25) is 4.79 Å². The second-order valence-corrected chi connectivity index (χ2v) is 6.38. The Hall–Kier alpha value is -2.83. The average molecular weight is 405 g/mol. The predicted octanol–water partition coefficient (Wildman–Crippen LogP) is 4.75. The molecule has 0 radical (unpaired) electrons. The van der Waals surface area contributed by atoms with Crippen molar-refractivity contribution < 1.29 is 18.7 Å². The summed E-state index contributed by atoms with van der Waals surface area (Å²) in [7, 11) is 0. The molecule has 0 aliphatic carbocycles. The lowest BCUT2D eigenvalue weighted by atomic mass is 10.2. The summed E-state index contributed by atoms with van der Waals surface area (Å²) in [5, 5.41) is 3.26. The van der Waals surface area contributed by atoms with Crippen LogP contribution in [0.25, 0.3) is 11.5 Å². The largest absolute Gasteiger partial charge is 0.451 e. The van der Waals surface area contributed by atoms with Crippen LogP contribution in [0.2, 0.25) is 10.0 Å². The minimum atomic E-state index is -0.759. The first-order valence-electron chi connectivity index (χ1n) is 7.89. The molecule has 0 saturated heterocycles. The number of anilines is 1. The number of benzene rings is 2. The molecule has 1 N–H and O–H groups in total. The van der Waals surface area contributed by atoms with Crippen LogP contribution in [0.4, 0.5) is 5.69 Å². The van der Waals surface area contributed by atoms with Gasteiger partial charge >= 0.3 is 5.97 Å². The number of hydrogen-bond acceptors (Lipinski definition) is 5. The Morgan fingerprint density at radius 2 is 1.89 bits per heavy atom. The molecule has 138 valence electrons. The van der Waals surface area contributed by atoms with Crippen LogP contribution < -0.4 is 5.32 Å². The number of hydrogen-bond donors (Lipinski definition) is 1. The molecule has 1 heterocycles. The molecule has 8 heteroatoms. The highest BCUT2D eigenvalue weighted by molar-refractivity contribution is 6.35. The number of oxazole rings is 1. The van der Waals surface area contributed by atoms with E-state index in [1.54, 1.807) is 19.1 Å². The Bertz CT molecular complexity index is 987. The van der Waals surface area contributed by atoms with E-state index in [1.165, 1.54) is 6.07 Å². The maximum absolute atomic E-state index is 12.2. The van der Waals surface area contributed by atoms with Gasteiger partial charge in [-0.25, -0.2) is 9.78 Å². The van der Waals surface area contributed by atoms with Crippen molar-refractivity contribution in [2.45, 2.75) is 6.92 Å². The smallest absolute Gasteiger partial charge is 0.361 e. The van der Waals surface area contributed by atoms with Gasteiger partial charge in [0.05, 0.1) is 10.7 Å². The summed E-state index contributed by atoms with van der Waals surface area (Å²) in [4.78, 5) is 28.4. The van der Waals surface area contributed by atoms with Crippen molar-refractivity contribution in [3.05, 3.63) is 70.0 Å². The molecule has 0 atom stereocenters. The van der Waals surface area contributed by atoms with Crippen LogP contribution in [-0.2, 0) is 9.53 Å². The average Bonchev–Trinajstić information content (AvgIpc) is 3.05. The number of amides is 1. The summed E-state index contributed by atoms with van der Waals surface area (Å²) in [6, 6.07) is 13.8. The van der Waals surface area contributed by atoms with Crippen LogP contribution in [0.15, 0.2) is 52.9 Å². The third-order valence-corrected chi connectivity index (χ3v) is 4.11. The monoisotopic (exact) mass is 404 g/mol. The summed E-state index contributed by atoms with van der Waals surface area (Å²) >= 11 is 11.8. The van der Waals surface area contributed by atoms with Gasteiger partial charge in [-0.2, -0.15) is 0 Å². The molecule has 3 rings (SSSR count). The molecule has 0 saturated carbocycles. The van der Waals surface area contributed by atoms with Crippen molar-refractivity contribution in [1.29, 1.82) is 0 Å². The Labute approximate surface area is 165 Å². The van der Waals surface area contributed by atoms with Crippen molar-refractivity contribution >= 4 is 40.8 Å². The second-order valence-electron chi connectivity index (χ2n) is 5.54. The van der Waals surface area contributed by atoms with E-state index in [2.05, 4.69) is 10.3 Å². The molecule has 1 amide bonds. The van der Waals surface area contributed by atoms with E-state index < -0.39 is 18.5 Å². The lowest BCUT2D eigenvalue weighted by molar-refractivity contribution is -0.119. The molecule has 27 heavy (non-hydrogen) atoms. The fourth-order valence-electron chi connectivity index (χ4n) is 2.27. The highest BCUT2D eigenvalue weighted by Crippen LogP contribution is 2.25. The predicted molar refractivity (Wildman–Crippen MR) is 102 cm³/mol. The van der Waals surface area contributed by atoms with Gasteiger partial charge in [0.15, 0.2) is 12.3 Å². The third kappa shape index (κ3) is 4.67. The molecule has 0 aliphatic heterocycles. The number of aromatic nitrogens is 1. The van der Waals surface area contributed by atoms with E-state index in [-0.39, 0.29) is 5.69 Å². The van der Waals surface area contributed by atoms with Crippen molar-refractivity contribution in [1.82, 2.24) is 4.98 Å². The van der Waals surface area contributed by atoms with Crippen LogP contribution in [0, 0.1) is 6.92 Å². The van der Waals surface area contributed by atoms with E-state index in [1.807, 2.05) is 30.3 Å². The summed E-state index contributed by atoms with van der Waals surface area (Å²) in [6.07, 6.45) is 0. The van der Waals surface area contributed by atoms with E-state index in [4.69, 9.17) is 32.4 Å². The van der Waals surface area contributed by atoms with E-state index in [9.17, 15) is 9.59 Å². The number of carbonyl (C=O) groups excluding carboxylic acids is 2. The van der Waals surface area contributed by atoms with Crippen LogP contribution in [0.1, 0.15) is 16.2 Å². The van der Waals surface area contributed by atoms with Crippen molar-refractivity contribution in [2.75, 3.05) is 11.9 Å². The number of ether oxygens (including phenoxy) is 1. The first-order chi connectivity index (χ1) is 12.9. The van der Waals surface area contributed by atoms with E-state index in [0.29, 0.717) is 27.4 Å². The molecule has 3 aromatic rings. The van der Waals surface area contributed by atoms with Gasteiger partial charge in [0.1, 0.15) is 5.76 Å². The maximum atomic E-state index is 12.2. The van der Waals surface area contributed by atoms with Crippen LogP contribution in [-0.4, -0.2) is 23.5 Å². The number of rotatable bonds is 5. The van der Waals surface area contributed by atoms with Crippen LogP contribution in [0.3, 0.4) is 0 Å². The lowest BCUT2D eigenvalue weighted by Crippen LogP contribution is -2.21. The van der Waals surface area contributed by atoms with Gasteiger partial charge in [0.2, 0.25) is 5.89 Å². The molecule has 0 spiro atoms. The standard InChI is InChI=1S/C19H14Cl2N2O4/c1-11-17(23-18(27-11)12-5-3-2-4-6-12)19(25)26-10-16(24)22-15-9-13(20)7-8-14(15)21/h2-9H,10H2,1H3,(H,22,24). The van der Waals surface area contributed by atoms with Gasteiger partial charge in [0.25, 0.3) is 5.91 Å². The van der Waals surface area contributed by atoms with Gasteiger partial charge in [-0.1, -0.05) is 41.4 Å². The SMILES string of the molecule is Cc1oc(-c2ccccc2)nc1C(=O)OCC(=O)Nc1cc(Cl)ccc1Cl. The van der Waals surface area contributed by atoms with Gasteiger partial charge in [-0.05, 0) is 37.3 Å². The van der Waals surface area contributed by atoms with E-state index >= 15 is 0 Å². The normalized spacial score (nSPS) is 10.5. The third-order valence-electron chi connectivity index (χ3n) is 3.55. The maximum Gasteiger partial charge on any atom is 0.361 e. The molecule has 0 bridgehead atoms. The first kappa shape index (κ1) is 18.9. The molecule has 0 unspecified atom stereocenters. The molecular formula is C19H14Cl2N2O4.